The highest BCUT2D eigenvalue weighted by Gasteiger charge is 2.43. The van der Waals surface area contributed by atoms with E-state index in [4.69, 9.17) is 0 Å². The normalized spacial score (nSPS) is 35.2. The van der Waals surface area contributed by atoms with Crippen LogP contribution < -0.4 is 0 Å². The molecule has 88 valence electrons. The van der Waals surface area contributed by atoms with E-state index in [-0.39, 0.29) is 0 Å². The maximum atomic E-state index is 10.8. The second-order valence-corrected chi connectivity index (χ2v) is 6.80. The van der Waals surface area contributed by atoms with Gasteiger partial charge in [0, 0.05) is 0 Å². The first kappa shape index (κ1) is 11.2. The van der Waals surface area contributed by atoms with Gasteiger partial charge in [0.15, 0.2) is 0 Å². The minimum absolute atomic E-state index is 0.606. The first-order valence-electron chi connectivity index (χ1n) is 6.01. The zero-order valence-electron chi connectivity index (χ0n) is 9.16. The minimum Gasteiger partial charge on any atom is -0.384 e. The highest BCUT2D eigenvalue weighted by Crippen LogP contribution is 2.51. The Morgan fingerprint density at radius 3 is 2.81 bits per heavy atom. The van der Waals surface area contributed by atoms with Crippen molar-refractivity contribution in [1.82, 2.24) is 4.98 Å². The molecule has 0 aliphatic heterocycles. The summed E-state index contributed by atoms with van der Waals surface area (Å²) in [7, 11) is 0. The summed E-state index contributed by atoms with van der Waals surface area (Å²) in [5.74, 6) is 1.64. The van der Waals surface area contributed by atoms with Crippen molar-refractivity contribution in [2.75, 3.05) is 0 Å². The van der Waals surface area contributed by atoms with Crippen LogP contribution in [-0.2, 0) is 5.60 Å². The molecule has 0 aromatic carbocycles. The summed E-state index contributed by atoms with van der Waals surface area (Å²) in [6.07, 6.45) is 7.07. The molecule has 3 rings (SSSR count). The van der Waals surface area contributed by atoms with Crippen LogP contribution >= 0.6 is 27.3 Å². The summed E-state index contributed by atoms with van der Waals surface area (Å²) >= 11 is 5.03. The predicted octanol–water partition coefficient (Wildman–Crippen LogP) is 3.69. The van der Waals surface area contributed by atoms with Gasteiger partial charge in [-0.1, -0.05) is 0 Å². The summed E-state index contributed by atoms with van der Waals surface area (Å²) in [6, 6.07) is 0. The van der Waals surface area contributed by atoms with Crippen molar-refractivity contribution < 1.29 is 5.11 Å². The first-order chi connectivity index (χ1) is 7.69. The van der Waals surface area contributed by atoms with Crippen molar-refractivity contribution in [2.45, 2.75) is 44.1 Å². The van der Waals surface area contributed by atoms with Crippen LogP contribution in [0.3, 0.4) is 0 Å². The first-order valence-corrected chi connectivity index (χ1v) is 7.68. The number of hydrogen-bond donors (Lipinski definition) is 1. The van der Waals surface area contributed by atoms with Gasteiger partial charge >= 0.3 is 0 Å². The maximum Gasteiger partial charge on any atom is 0.123 e. The number of nitrogens with zero attached hydrogens (tertiary/aromatic N) is 1. The van der Waals surface area contributed by atoms with Gasteiger partial charge in [-0.25, -0.2) is 4.98 Å². The SMILES string of the molecule is OC1(c2scnc2Br)CCCC(C2CC2)C1. The van der Waals surface area contributed by atoms with Crippen LogP contribution in [0.25, 0.3) is 0 Å². The quantitative estimate of drug-likeness (QED) is 0.903. The Morgan fingerprint density at radius 2 is 2.19 bits per heavy atom. The molecule has 1 aromatic heterocycles. The van der Waals surface area contributed by atoms with Crippen LogP contribution in [0.1, 0.15) is 43.4 Å². The van der Waals surface area contributed by atoms with E-state index < -0.39 is 5.60 Å². The molecule has 0 spiro atoms. The lowest BCUT2D eigenvalue weighted by Gasteiger charge is -2.36. The predicted molar refractivity (Wildman–Crippen MR) is 68.4 cm³/mol. The third-order valence-corrected chi connectivity index (χ3v) is 5.88. The van der Waals surface area contributed by atoms with E-state index in [0.717, 1.165) is 40.6 Å². The minimum atomic E-state index is -0.606. The summed E-state index contributed by atoms with van der Waals surface area (Å²) in [6.45, 7) is 0. The van der Waals surface area contributed by atoms with E-state index in [1.54, 1.807) is 11.3 Å². The fraction of sp³-hybridized carbons (Fsp3) is 0.750. The number of aliphatic hydroxyl groups is 1. The van der Waals surface area contributed by atoms with E-state index >= 15 is 0 Å². The highest BCUT2D eigenvalue weighted by atomic mass is 79.9. The molecule has 2 atom stereocenters. The van der Waals surface area contributed by atoms with Crippen LogP contribution in [0.15, 0.2) is 10.1 Å². The van der Waals surface area contributed by atoms with E-state index in [1.807, 2.05) is 5.51 Å². The van der Waals surface area contributed by atoms with Crippen molar-refractivity contribution in [3.05, 3.63) is 15.0 Å². The Labute approximate surface area is 108 Å². The van der Waals surface area contributed by atoms with Gasteiger partial charge < -0.3 is 5.11 Å². The van der Waals surface area contributed by atoms with Crippen LogP contribution in [0.2, 0.25) is 0 Å². The number of rotatable bonds is 2. The van der Waals surface area contributed by atoms with Crippen molar-refractivity contribution in [3.63, 3.8) is 0 Å². The molecule has 0 bridgehead atoms. The van der Waals surface area contributed by atoms with Gasteiger partial charge in [0.2, 0.25) is 0 Å². The average molecular weight is 302 g/mol. The molecule has 2 nitrogen and oxygen atoms in total. The molecule has 1 heterocycles. The zero-order valence-corrected chi connectivity index (χ0v) is 11.6. The Hall–Kier alpha value is 0.0700. The number of hydrogen-bond acceptors (Lipinski definition) is 3. The third-order valence-electron chi connectivity index (χ3n) is 4.00. The van der Waals surface area contributed by atoms with Gasteiger partial charge in [-0.15, -0.1) is 11.3 Å². The standard InChI is InChI=1S/C12H16BrNOS/c13-11-10(16-7-14-11)12(15)5-1-2-9(6-12)8-3-4-8/h7-9,15H,1-6H2. The lowest BCUT2D eigenvalue weighted by atomic mass is 9.75. The van der Waals surface area contributed by atoms with Crippen molar-refractivity contribution in [1.29, 1.82) is 0 Å². The summed E-state index contributed by atoms with van der Waals surface area (Å²) < 4.78 is 0.844. The van der Waals surface area contributed by atoms with Crippen molar-refractivity contribution >= 4 is 27.3 Å². The molecule has 16 heavy (non-hydrogen) atoms. The molecule has 2 fully saturated rings. The fourth-order valence-electron chi connectivity index (χ4n) is 3.01. The largest absolute Gasteiger partial charge is 0.384 e. The lowest BCUT2D eigenvalue weighted by molar-refractivity contribution is -0.0227. The Balaban J connectivity index is 1.83. The van der Waals surface area contributed by atoms with Crippen molar-refractivity contribution in [3.8, 4) is 0 Å². The molecule has 2 aliphatic rings. The van der Waals surface area contributed by atoms with E-state index in [2.05, 4.69) is 20.9 Å². The number of thiazole rings is 1. The van der Waals surface area contributed by atoms with Gasteiger partial charge in [0.1, 0.15) is 10.2 Å². The molecular formula is C12H16BrNOS. The van der Waals surface area contributed by atoms with E-state index in [0.29, 0.717) is 0 Å². The molecular weight excluding hydrogens is 286 g/mol. The van der Waals surface area contributed by atoms with Crippen molar-refractivity contribution in [2.24, 2.45) is 11.8 Å². The Morgan fingerprint density at radius 1 is 1.38 bits per heavy atom. The molecule has 2 unspecified atom stereocenters. The van der Waals surface area contributed by atoms with Gasteiger partial charge in [-0.3, -0.25) is 0 Å². The van der Waals surface area contributed by atoms with E-state index in [9.17, 15) is 5.11 Å². The van der Waals surface area contributed by atoms with Crippen LogP contribution in [-0.4, -0.2) is 10.1 Å². The molecule has 1 aromatic rings. The summed E-state index contributed by atoms with van der Waals surface area (Å²) in [4.78, 5) is 5.24. The molecule has 1 N–H and O–H groups in total. The zero-order chi connectivity index (χ0) is 11.2. The average Bonchev–Trinajstić information content (AvgIpc) is 3.01. The van der Waals surface area contributed by atoms with Gasteiger partial charge in [0.25, 0.3) is 0 Å². The van der Waals surface area contributed by atoms with Crippen LogP contribution in [0.4, 0.5) is 0 Å². The van der Waals surface area contributed by atoms with Crippen LogP contribution in [0.5, 0.6) is 0 Å². The van der Waals surface area contributed by atoms with Gasteiger partial charge in [-0.05, 0) is 66.3 Å². The Bertz CT molecular complexity index is 390. The summed E-state index contributed by atoms with van der Waals surface area (Å²) in [5.41, 5.74) is 1.21. The molecule has 4 heteroatoms. The fourth-order valence-corrected chi connectivity index (χ4v) is 4.71. The Kier molecular flexibility index (Phi) is 2.84. The molecule has 2 saturated carbocycles. The molecule has 2 aliphatic carbocycles. The second kappa shape index (κ2) is 4.07. The van der Waals surface area contributed by atoms with Gasteiger partial charge in [-0.2, -0.15) is 0 Å². The smallest absolute Gasteiger partial charge is 0.123 e. The lowest BCUT2D eigenvalue weighted by Crippen LogP contribution is -2.33. The number of halogens is 1. The van der Waals surface area contributed by atoms with E-state index in [1.165, 1.54) is 19.3 Å². The second-order valence-electron chi connectivity index (χ2n) is 5.20. The van der Waals surface area contributed by atoms with Crippen LogP contribution in [0, 0.1) is 11.8 Å². The molecule has 0 amide bonds. The molecule has 0 radical (unpaired) electrons. The molecule has 0 saturated heterocycles. The monoisotopic (exact) mass is 301 g/mol. The highest BCUT2D eigenvalue weighted by molar-refractivity contribution is 9.10. The van der Waals surface area contributed by atoms with Gasteiger partial charge in [0.05, 0.1) is 10.4 Å². The third kappa shape index (κ3) is 1.95. The topological polar surface area (TPSA) is 33.1 Å². The maximum absolute atomic E-state index is 10.8. The number of aromatic nitrogens is 1. The summed E-state index contributed by atoms with van der Waals surface area (Å²) in [5, 5.41) is 10.8.